The fourth-order valence-corrected chi connectivity index (χ4v) is 6.15. The quantitative estimate of drug-likeness (QED) is 0.144. The summed E-state index contributed by atoms with van der Waals surface area (Å²) in [6.45, 7) is 7.74. The first kappa shape index (κ1) is 35.8. The minimum Gasteiger partial charge on any atom is -0.464 e. The van der Waals surface area contributed by atoms with Crippen molar-refractivity contribution in [1.29, 1.82) is 0 Å². The number of nitrogens with one attached hydrogen (secondary N) is 5. The molecule has 0 radical (unpaired) electrons. The molecule has 0 saturated heterocycles. The zero-order chi connectivity index (χ0) is 36.0. The molecule has 13 heteroatoms. The van der Waals surface area contributed by atoms with E-state index in [1.807, 2.05) is 58.0 Å². The van der Waals surface area contributed by atoms with Crippen molar-refractivity contribution in [3.63, 3.8) is 0 Å². The van der Waals surface area contributed by atoms with Gasteiger partial charge < -0.3 is 35.4 Å². The van der Waals surface area contributed by atoms with Gasteiger partial charge in [0.2, 0.25) is 11.8 Å². The van der Waals surface area contributed by atoms with E-state index >= 15 is 0 Å². The van der Waals surface area contributed by atoms with Crippen LogP contribution in [0.4, 0.5) is 10.5 Å². The van der Waals surface area contributed by atoms with E-state index in [2.05, 4.69) is 30.9 Å². The molecule has 2 heterocycles. The van der Waals surface area contributed by atoms with Crippen molar-refractivity contribution in [3.8, 4) is 11.1 Å². The molecule has 0 spiro atoms. The topological polar surface area (TPSA) is 184 Å². The molecule has 2 aromatic heterocycles. The second-order valence-corrected chi connectivity index (χ2v) is 13.7. The van der Waals surface area contributed by atoms with Crippen LogP contribution in [-0.4, -0.2) is 64.1 Å². The summed E-state index contributed by atoms with van der Waals surface area (Å²) in [7, 11) is 1.31. The van der Waals surface area contributed by atoms with Gasteiger partial charge in [0.05, 0.1) is 18.1 Å². The number of hydrogen-bond acceptors (Lipinski definition) is 8. The number of methoxy groups -OCH3 is 1. The van der Waals surface area contributed by atoms with Crippen molar-refractivity contribution in [2.75, 3.05) is 19.0 Å². The van der Waals surface area contributed by atoms with E-state index in [4.69, 9.17) is 9.47 Å². The average Bonchev–Trinajstić information content (AvgIpc) is 3.45. The van der Waals surface area contributed by atoms with Crippen molar-refractivity contribution >= 4 is 40.6 Å². The first-order chi connectivity index (χ1) is 23.8. The van der Waals surface area contributed by atoms with Crippen LogP contribution in [0.2, 0.25) is 0 Å². The van der Waals surface area contributed by atoms with Crippen LogP contribution in [0, 0.1) is 18.8 Å². The number of nitrogens with zero attached hydrogens (tertiary/aromatic N) is 1. The normalized spacial score (nSPS) is 16.7. The molecule has 4 aromatic rings. The Kier molecular flexibility index (Phi) is 11.0. The summed E-state index contributed by atoms with van der Waals surface area (Å²) in [5, 5.41) is 8.74. The summed E-state index contributed by atoms with van der Waals surface area (Å²) in [6.07, 6.45) is 2.56. The van der Waals surface area contributed by atoms with E-state index in [9.17, 15) is 24.0 Å². The second-order valence-electron chi connectivity index (χ2n) is 13.7. The summed E-state index contributed by atoms with van der Waals surface area (Å²) in [6, 6.07) is 15.2. The zero-order valence-corrected chi connectivity index (χ0v) is 29.0. The highest BCUT2D eigenvalue weighted by Crippen LogP contribution is 2.29. The highest BCUT2D eigenvalue weighted by molar-refractivity contribution is 5.99. The van der Waals surface area contributed by atoms with Crippen molar-refractivity contribution in [2.45, 2.75) is 71.4 Å². The predicted octanol–water partition coefficient (Wildman–Crippen LogP) is 5.01. The summed E-state index contributed by atoms with van der Waals surface area (Å²) < 4.78 is 10.1. The summed E-state index contributed by atoms with van der Waals surface area (Å²) in [4.78, 5) is 72.7. The molecule has 0 unspecified atom stereocenters. The fourth-order valence-electron chi connectivity index (χ4n) is 6.15. The predicted molar refractivity (Wildman–Crippen MR) is 189 cm³/mol. The first-order valence-electron chi connectivity index (χ1n) is 16.7. The lowest BCUT2D eigenvalue weighted by molar-refractivity contribution is -0.130. The van der Waals surface area contributed by atoms with Crippen molar-refractivity contribution in [1.82, 2.24) is 25.6 Å². The van der Waals surface area contributed by atoms with Crippen LogP contribution in [0.25, 0.3) is 22.2 Å². The Bertz CT molecular complexity index is 1920. The maximum Gasteiger partial charge on any atom is 0.407 e. The van der Waals surface area contributed by atoms with E-state index in [0.29, 0.717) is 41.8 Å². The minimum atomic E-state index is -0.886. The lowest BCUT2D eigenvalue weighted by atomic mass is 9.81. The highest BCUT2D eigenvalue weighted by atomic mass is 16.6. The first-order valence-corrected chi connectivity index (χ1v) is 16.7. The number of imidazole rings is 1. The number of fused-ring (bicyclic) bond motifs is 1. The lowest BCUT2D eigenvalue weighted by Gasteiger charge is -2.29. The molecular weight excluding hydrogens is 640 g/mol. The number of carbonyl (C=O) groups excluding carboxylic acids is 4. The van der Waals surface area contributed by atoms with E-state index in [0.717, 1.165) is 29.5 Å². The largest absolute Gasteiger partial charge is 0.464 e. The maximum atomic E-state index is 13.7. The Labute approximate surface area is 289 Å². The fraction of sp³-hybridized carbons (Fsp3) is 0.405. The number of carbonyl (C=O) groups is 4. The molecule has 5 N–H and O–H groups in total. The number of aromatic amines is 2. The van der Waals surface area contributed by atoms with Crippen LogP contribution >= 0.6 is 0 Å². The number of benzene rings is 2. The molecule has 5 rings (SSSR count). The minimum absolute atomic E-state index is 0.196. The Morgan fingerprint density at radius 3 is 2.30 bits per heavy atom. The van der Waals surface area contributed by atoms with Gasteiger partial charge in [-0.25, -0.2) is 19.4 Å². The average molecular weight is 685 g/mol. The van der Waals surface area contributed by atoms with Crippen LogP contribution < -0.4 is 21.6 Å². The van der Waals surface area contributed by atoms with Gasteiger partial charge in [-0.2, -0.15) is 0 Å². The number of H-pyrrole nitrogens is 2. The molecule has 3 amide bonds. The third-order valence-electron chi connectivity index (χ3n) is 8.75. The number of anilines is 1. The van der Waals surface area contributed by atoms with Gasteiger partial charge in [0.15, 0.2) is 0 Å². The number of aromatic nitrogens is 3. The highest BCUT2D eigenvalue weighted by Gasteiger charge is 2.30. The number of rotatable bonds is 10. The SMILES string of the molecule is COC(=O)c1ccc(-c2ccc(C[C@H](NC(=O)C3CCC(CNC(=O)OC(C)(C)C)CC3)C(=O)Nc3ccc4[nH]c(=O)[nH]c4c3)cc2)c(C)n1. The van der Waals surface area contributed by atoms with Crippen LogP contribution in [-0.2, 0) is 25.5 Å². The molecule has 1 aliphatic rings. The number of esters is 1. The molecule has 2 aromatic carbocycles. The molecule has 1 aliphatic carbocycles. The Hall–Kier alpha value is -5.46. The number of aryl methyl sites for hydroxylation is 1. The van der Waals surface area contributed by atoms with Gasteiger partial charge in [-0.05, 0) is 94.7 Å². The van der Waals surface area contributed by atoms with Gasteiger partial charge in [0.25, 0.3) is 0 Å². The van der Waals surface area contributed by atoms with Gasteiger partial charge in [0.1, 0.15) is 17.3 Å². The summed E-state index contributed by atoms with van der Waals surface area (Å²) in [5.74, 6) is -1.14. The molecule has 0 aliphatic heterocycles. The van der Waals surface area contributed by atoms with Crippen LogP contribution in [0.5, 0.6) is 0 Å². The molecule has 0 bridgehead atoms. The molecule has 13 nitrogen and oxygen atoms in total. The van der Waals surface area contributed by atoms with E-state index < -0.39 is 29.6 Å². The smallest absolute Gasteiger partial charge is 0.407 e. The number of alkyl carbamates (subject to hydrolysis) is 1. The Balaban J connectivity index is 1.26. The Morgan fingerprint density at radius 1 is 0.940 bits per heavy atom. The lowest BCUT2D eigenvalue weighted by Crippen LogP contribution is -2.48. The van der Waals surface area contributed by atoms with Crippen LogP contribution in [0.15, 0.2) is 59.4 Å². The van der Waals surface area contributed by atoms with Gasteiger partial charge in [-0.3, -0.25) is 9.59 Å². The third-order valence-corrected chi connectivity index (χ3v) is 8.75. The summed E-state index contributed by atoms with van der Waals surface area (Å²) >= 11 is 0. The zero-order valence-electron chi connectivity index (χ0n) is 29.0. The third kappa shape index (κ3) is 9.36. The number of amides is 3. The number of hydrogen-bond donors (Lipinski definition) is 5. The van der Waals surface area contributed by atoms with Crippen LogP contribution in [0.1, 0.15) is 68.2 Å². The standard InChI is InChI=1S/C37H44N6O7/c1-21-27(15-17-29(39-21)34(46)49-5)24-10-6-22(7-11-24)18-31(33(45)40-26-14-16-28-30(19-26)43-35(47)42-28)41-32(44)25-12-8-23(9-13-25)20-38-36(48)50-37(2,3)4/h6-7,10-11,14-17,19,23,25,31H,8-9,12-13,18,20H2,1-5H3,(H,38,48)(H,40,45)(H,41,44)(H2,42,43,47)/t23?,25?,31-/m0/s1. The van der Waals surface area contributed by atoms with E-state index in [-0.39, 0.29) is 35.5 Å². The number of pyridine rings is 1. The van der Waals surface area contributed by atoms with Gasteiger partial charge in [-0.15, -0.1) is 0 Å². The maximum absolute atomic E-state index is 13.7. The van der Waals surface area contributed by atoms with Crippen molar-refractivity contribution < 1.29 is 28.7 Å². The molecule has 50 heavy (non-hydrogen) atoms. The van der Waals surface area contributed by atoms with Gasteiger partial charge in [0, 0.05) is 35.8 Å². The molecular formula is C37H44N6O7. The molecule has 1 fully saturated rings. The van der Waals surface area contributed by atoms with Crippen molar-refractivity contribution in [2.24, 2.45) is 11.8 Å². The molecule has 264 valence electrons. The monoisotopic (exact) mass is 684 g/mol. The van der Waals surface area contributed by atoms with Crippen molar-refractivity contribution in [3.05, 3.63) is 82.0 Å². The molecule has 1 atom stereocenters. The van der Waals surface area contributed by atoms with Gasteiger partial charge in [-0.1, -0.05) is 30.3 Å². The second kappa shape index (κ2) is 15.4. The summed E-state index contributed by atoms with van der Waals surface area (Å²) in [5.41, 5.74) is 4.16. The van der Waals surface area contributed by atoms with Gasteiger partial charge >= 0.3 is 17.8 Å². The van der Waals surface area contributed by atoms with Crippen LogP contribution in [0.3, 0.4) is 0 Å². The Morgan fingerprint density at radius 2 is 1.64 bits per heavy atom. The van der Waals surface area contributed by atoms with E-state index in [1.54, 1.807) is 24.3 Å². The molecule has 1 saturated carbocycles. The van der Waals surface area contributed by atoms with E-state index in [1.165, 1.54) is 7.11 Å². The number of ether oxygens (including phenoxy) is 2.